The number of carbonyl (C=O) groups is 1. The predicted octanol–water partition coefficient (Wildman–Crippen LogP) is 2.08. The smallest absolute Gasteiger partial charge is 0.331 e. The van der Waals surface area contributed by atoms with Crippen molar-refractivity contribution in [2.45, 2.75) is 121 Å². The van der Waals surface area contributed by atoms with E-state index in [-0.39, 0.29) is 35.9 Å². The van der Waals surface area contributed by atoms with Gasteiger partial charge in [0.05, 0.1) is 23.9 Å². The highest BCUT2D eigenvalue weighted by Gasteiger charge is 2.70. The molecule has 0 amide bonds. The van der Waals surface area contributed by atoms with Crippen molar-refractivity contribution < 1.29 is 44.2 Å². The Labute approximate surface area is 230 Å². The van der Waals surface area contributed by atoms with E-state index in [1.165, 1.54) is 13.2 Å². The largest absolute Gasteiger partial charge is 0.458 e. The Morgan fingerprint density at radius 3 is 2.49 bits per heavy atom. The normalized spacial score (nSPS) is 55.3. The molecule has 0 radical (unpaired) electrons. The summed E-state index contributed by atoms with van der Waals surface area (Å²) in [6.45, 7) is 6.48. The van der Waals surface area contributed by atoms with E-state index in [1.807, 2.05) is 0 Å². The first-order chi connectivity index (χ1) is 18.4. The zero-order valence-corrected chi connectivity index (χ0v) is 23.6. The maximum Gasteiger partial charge on any atom is 0.331 e. The summed E-state index contributed by atoms with van der Waals surface area (Å²) in [5.41, 5.74) is -0.601. The van der Waals surface area contributed by atoms with Crippen LogP contribution in [0.5, 0.6) is 0 Å². The Morgan fingerprint density at radius 1 is 1.03 bits per heavy atom. The molecule has 6 aliphatic rings. The molecule has 4 saturated carbocycles. The Balaban J connectivity index is 1.17. The molecule has 0 aromatic rings. The van der Waals surface area contributed by atoms with Crippen LogP contribution in [-0.4, -0.2) is 88.6 Å². The number of hydrogen-bond donors (Lipinski definition) is 4. The van der Waals surface area contributed by atoms with Gasteiger partial charge in [0, 0.05) is 30.9 Å². The molecule has 4 N–H and O–H groups in total. The second-order valence-electron chi connectivity index (χ2n) is 13.9. The zero-order valence-electron chi connectivity index (χ0n) is 23.6. The molecule has 220 valence electrons. The van der Waals surface area contributed by atoms with E-state index in [1.54, 1.807) is 6.92 Å². The number of esters is 1. The third-order valence-corrected chi connectivity index (χ3v) is 12.3. The number of aliphatic hydroxyl groups excluding tert-OH is 3. The van der Waals surface area contributed by atoms with Crippen LogP contribution in [0.3, 0.4) is 0 Å². The van der Waals surface area contributed by atoms with Gasteiger partial charge in [0.25, 0.3) is 0 Å². The van der Waals surface area contributed by atoms with Gasteiger partial charge in [0.2, 0.25) is 0 Å². The van der Waals surface area contributed by atoms with E-state index in [0.717, 1.165) is 50.5 Å². The van der Waals surface area contributed by atoms with Gasteiger partial charge >= 0.3 is 5.97 Å². The van der Waals surface area contributed by atoms with Gasteiger partial charge in [-0.2, -0.15) is 0 Å². The third kappa shape index (κ3) is 4.09. The number of methoxy groups -OCH3 is 1. The molecule has 0 aromatic carbocycles. The highest BCUT2D eigenvalue weighted by Crippen LogP contribution is 2.70. The minimum absolute atomic E-state index is 0.0547. The number of ether oxygens (including phenoxy) is 4. The maximum absolute atomic E-state index is 12.4. The number of aliphatic hydroxyl groups is 4. The third-order valence-electron chi connectivity index (χ3n) is 12.3. The fraction of sp³-hybridized carbons (Fsp3) is 0.900. The van der Waals surface area contributed by atoms with Crippen molar-refractivity contribution in [1.82, 2.24) is 0 Å². The van der Waals surface area contributed by atoms with Crippen LogP contribution in [0.15, 0.2) is 11.6 Å². The number of carbonyl (C=O) groups excluding carboxylic acids is 1. The van der Waals surface area contributed by atoms with Gasteiger partial charge in [-0.3, -0.25) is 0 Å². The van der Waals surface area contributed by atoms with Crippen LogP contribution in [-0.2, 0) is 23.7 Å². The molecule has 0 spiro atoms. The molecule has 14 atom stereocenters. The molecule has 6 rings (SSSR count). The molecular formula is C30H46O9. The summed E-state index contributed by atoms with van der Waals surface area (Å²) >= 11 is 0. The molecule has 0 unspecified atom stereocenters. The van der Waals surface area contributed by atoms with Crippen molar-refractivity contribution in [3.05, 3.63) is 11.6 Å². The number of hydrogen-bond acceptors (Lipinski definition) is 9. The lowest BCUT2D eigenvalue weighted by atomic mass is 9.43. The summed E-state index contributed by atoms with van der Waals surface area (Å²) in [6, 6.07) is 0. The Morgan fingerprint density at radius 2 is 1.79 bits per heavy atom. The van der Waals surface area contributed by atoms with Crippen LogP contribution >= 0.6 is 0 Å². The molecule has 5 fully saturated rings. The summed E-state index contributed by atoms with van der Waals surface area (Å²) < 4.78 is 22.7. The number of rotatable bonds is 4. The summed E-state index contributed by atoms with van der Waals surface area (Å²) in [4.78, 5) is 11.8. The van der Waals surface area contributed by atoms with Gasteiger partial charge in [-0.25, -0.2) is 4.79 Å². The van der Waals surface area contributed by atoms with Crippen molar-refractivity contribution in [2.24, 2.45) is 34.5 Å². The minimum atomic E-state index is -1.06. The van der Waals surface area contributed by atoms with Gasteiger partial charge in [-0.1, -0.05) is 13.8 Å². The average Bonchev–Trinajstić information content (AvgIpc) is 3.39. The van der Waals surface area contributed by atoms with Crippen molar-refractivity contribution in [3.63, 3.8) is 0 Å². The topological polar surface area (TPSA) is 135 Å². The van der Waals surface area contributed by atoms with Crippen molar-refractivity contribution in [2.75, 3.05) is 13.7 Å². The molecule has 2 aliphatic heterocycles. The predicted molar refractivity (Wildman–Crippen MR) is 139 cm³/mol. The van der Waals surface area contributed by atoms with Gasteiger partial charge in [-0.15, -0.1) is 0 Å². The van der Waals surface area contributed by atoms with E-state index in [2.05, 4.69) is 13.8 Å². The summed E-state index contributed by atoms with van der Waals surface area (Å²) in [5, 5.41) is 44.7. The lowest BCUT2D eigenvalue weighted by Crippen LogP contribution is -2.62. The van der Waals surface area contributed by atoms with Crippen molar-refractivity contribution in [1.29, 1.82) is 0 Å². The fourth-order valence-electron chi connectivity index (χ4n) is 10.2. The molecule has 9 heteroatoms. The molecule has 1 saturated heterocycles. The number of cyclic esters (lactones) is 1. The first-order valence-electron chi connectivity index (χ1n) is 14.9. The van der Waals surface area contributed by atoms with Gasteiger partial charge in [-0.05, 0) is 80.6 Å². The van der Waals surface area contributed by atoms with Gasteiger partial charge < -0.3 is 39.4 Å². The first-order valence-corrected chi connectivity index (χ1v) is 14.9. The second-order valence-corrected chi connectivity index (χ2v) is 13.9. The lowest BCUT2D eigenvalue weighted by molar-refractivity contribution is -0.313. The summed E-state index contributed by atoms with van der Waals surface area (Å²) in [7, 11) is 1.48. The quantitative estimate of drug-likeness (QED) is 0.307. The van der Waals surface area contributed by atoms with Crippen molar-refractivity contribution >= 4 is 5.97 Å². The fourth-order valence-corrected chi connectivity index (χ4v) is 10.2. The van der Waals surface area contributed by atoms with Crippen LogP contribution in [0, 0.1) is 34.5 Å². The maximum atomic E-state index is 12.4. The Kier molecular flexibility index (Phi) is 7.02. The van der Waals surface area contributed by atoms with E-state index < -0.39 is 47.8 Å². The lowest BCUT2D eigenvalue weighted by Gasteiger charge is -2.63. The SMILES string of the molecule is CO[C@H]1[C@H](O)[C@@H](O[C@@H]2CC[C@]3(C)[C@H](CC[C@@H]4[C@@H]3CC[C@]3(C)[C@H](C5=CC(=O)OC5)[C@H](O)C[C@@]43O)C2)O[C@@H](C)[C@H]1O. The van der Waals surface area contributed by atoms with Crippen LogP contribution < -0.4 is 0 Å². The Bertz CT molecular complexity index is 1000. The molecule has 9 nitrogen and oxygen atoms in total. The number of fused-ring (bicyclic) bond motifs is 5. The molecule has 4 aliphatic carbocycles. The molecular weight excluding hydrogens is 504 g/mol. The van der Waals surface area contributed by atoms with E-state index in [0.29, 0.717) is 18.3 Å². The van der Waals surface area contributed by atoms with Crippen LogP contribution in [0.4, 0.5) is 0 Å². The van der Waals surface area contributed by atoms with Crippen LogP contribution in [0.25, 0.3) is 0 Å². The first kappa shape index (κ1) is 28.1. The van der Waals surface area contributed by atoms with Crippen LogP contribution in [0.1, 0.15) is 72.1 Å². The molecule has 0 bridgehead atoms. The van der Waals surface area contributed by atoms with Gasteiger partial charge in [0.15, 0.2) is 6.29 Å². The summed E-state index contributed by atoms with van der Waals surface area (Å²) in [5.74, 6) is 0.260. The van der Waals surface area contributed by atoms with E-state index >= 15 is 0 Å². The average molecular weight is 551 g/mol. The highest BCUT2D eigenvalue weighted by molar-refractivity contribution is 5.85. The van der Waals surface area contributed by atoms with Crippen LogP contribution in [0.2, 0.25) is 0 Å². The molecule has 2 heterocycles. The van der Waals surface area contributed by atoms with E-state index in [9.17, 15) is 25.2 Å². The van der Waals surface area contributed by atoms with Gasteiger partial charge in [0.1, 0.15) is 24.9 Å². The van der Waals surface area contributed by atoms with E-state index in [4.69, 9.17) is 18.9 Å². The monoisotopic (exact) mass is 550 g/mol. The minimum Gasteiger partial charge on any atom is -0.458 e. The zero-order chi connectivity index (χ0) is 27.9. The molecule has 0 aromatic heterocycles. The summed E-state index contributed by atoms with van der Waals surface area (Å²) in [6.07, 6.45) is 3.40. The Hall–Kier alpha value is -1.07. The highest BCUT2D eigenvalue weighted by atomic mass is 16.7. The molecule has 39 heavy (non-hydrogen) atoms. The standard InChI is InChI=1S/C30H46O9/c1-15-24(33)26(36-4)25(34)27(38-15)39-18-7-9-28(2)17(12-18)5-6-20-19(28)8-10-29(3)23(16-11-22(32)37-14-16)21(31)13-30(20,29)35/h11,15,17-21,23-27,31,33-35H,5-10,12-14H2,1-4H3/t15-,17+,18+,19-,20+,21+,23+,24+,25-,26+,27+,28+,29+,30+/m0/s1. The van der Waals surface area contributed by atoms with Crippen molar-refractivity contribution in [3.8, 4) is 0 Å². The second kappa shape index (κ2) is 9.75.